The number of thiazole rings is 1. The number of aryl methyl sites for hydroxylation is 1. The molecule has 0 spiro atoms. The third-order valence-electron chi connectivity index (χ3n) is 3.99. The molecule has 2 aromatic rings. The van der Waals surface area contributed by atoms with Crippen LogP contribution in [0, 0.1) is 6.92 Å². The van der Waals surface area contributed by atoms with E-state index in [1.165, 1.54) is 17.0 Å². The molecule has 1 amide bonds. The molecule has 23 heavy (non-hydrogen) atoms. The Kier molecular flexibility index (Phi) is 4.93. The predicted octanol–water partition coefficient (Wildman–Crippen LogP) is 2.56. The van der Waals surface area contributed by atoms with Crippen LogP contribution in [0.1, 0.15) is 20.4 Å². The molecule has 1 aromatic carbocycles. The van der Waals surface area contributed by atoms with Crippen molar-refractivity contribution in [3.63, 3.8) is 0 Å². The molecule has 0 bridgehead atoms. The molecule has 2 heterocycles. The number of para-hydroxylation sites is 1. The summed E-state index contributed by atoms with van der Waals surface area (Å²) in [7, 11) is 1.64. The topological polar surface area (TPSA) is 45.7 Å². The lowest BCUT2D eigenvalue weighted by Crippen LogP contribution is -2.48. The summed E-state index contributed by atoms with van der Waals surface area (Å²) in [5.41, 5.74) is 2.02. The fourth-order valence-corrected chi connectivity index (χ4v) is 3.79. The molecule has 0 saturated carbocycles. The predicted molar refractivity (Wildman–Crippen MR) is 92.1 cm³/mol. The molecule has 0 aliphatic carbocycles. The number of hydrogen-bond acceptors (Lipinski definition) is 5. The summed E-state index contributed by atoms with van der Waals surface area (Å²) in [6.45, 7) is 5.55. The molecular formula is C17H21N3O2S. The van der Waals surface area contributed by atoms with Gasteiger partial charge < -0.3 is 14.5 Å². The van der Waals surface area contributed by atoms with Gasteiger partial charge in [-0.3, -0.25) is 4.79 Å². The van der Waals surface area contributed by atoms with Gasteiger partial charge in [-0.25, -0.2) is 4.98 Å². The van der Waals surface area contributed by atoms with Crippen LogP contribution in [-0.4, -0.2) is 49.1 Å². The number of piperazine rings is 1. The van der Waals surface area contributed by atoms with Crippen LogP contribution in [0.2, 0.25) is 0 Å². The number of rotatable bonds is 4. The van der Waals surface area contributed by atoms with E-state index in [0.29, 0.717) is 6.61 Å². The highest BCUT2D eigenvalue weighted by Crippen LogP contribution is 2.22. The average Bonchev–Trinajstić information content (AvgIpc) is 2.96. The summed E-state index contributed by atoms with van der Waals surface area (Å²) < 4.78 is 5.10. The van der Waals surface area contributed by atoms with Gasteiger partial charge in [0.15, 0.2) is 0 Å². The van der Waals surface area contributed by atoms with Gasteiger partial charge in [-0.05, 0) is 19.1 Å². The highest BCUT2D eigenvalue weighted by molar-refractivity contribution is 7.13. The van der Waals surface area contributed by atoms with Crippen LogP contribution >= 0.6 is 11.3 Å². The van der Waals surface area contributed by atoms with Gasteiger partial charge in [0, 0.05) is 39.0 Å². The summed E-state index contributed by atoms with van der Waals surface area (Å²) in [6.07, 6.45) is 0. The fraction of sp³-hybridized carbons (Fsp3) is 0.412. The van der Waals surface area contributed by atoms with E-state index in [-0.39, 0.29) is 5.91 Å². The van der Waals surface area contributed by atoms with Crippen molar-refractivity contribution < 1.29 is 9.53 Å². The molecule has 1 aliphatic heterocycles. The summed E-state index contributed by atoms with van der Waals surface area (Å²) in [5, 5.41) is 0.858. The number of carbonyl (C=O) groups is 1. The van der Waals surface area contributed by atoms with Crippen LogP contribution in [0.5, 0.6) is 0 Å². The first kappa shape index (κ1) is 16.0. The summed E-state index contributed by atoms with van der Waals surface area (Å²) in [5.74, 6) is 0.0927. The minimum atomic E-state index is 0.0927. The van der Waals surface area contributed by atoms with Gasteiger partial charge in [0.25, 0.3) is 5.91 Å². The summed E-state index contributed by atoms with van der Waals surface area (Å²) in [4.78, 5) is 22.1. The Morgan fingerprint density at radius 2 is 1.91 bits per heavy atom. The number of methoxy groups -OCH3 is 1. The van der Waals surface area contributed by atoms with Crippen molar-refractivity contribution in [3.8, 4) is 0 Å². The Morgan fingerprint density at radius 3 is 2.57 bits per heavy atom. The number of anilines is 1. The normalized spacial score (nSPS) is 15.0. The van der Waals surface area contributed by atoms with Crippen LogP contribution < -0.4 is 4.90 Å². The van der Waals surface area contributed by atoms with Gasteiger partial charge >= 0.3 is 0 Å². The second kappa shape index (κ2) is 7.10. The van der Waals surface area contributed by atoms with Crippen molar-refractivity contribution in [1.82, 2.24) is 9.88 Å². The monoisotopic (exact) mass is 331 g/mol. The van der Waals surface area contributed by atoms with Crippen LogP contribution in [0.4, 0.5) is 5.69 Å². The summed E-state index contributed by atoms with van der Waals surface area (Å²) >= 11 is 1.44. The van der Waals surface area contributed by atoms with E-state index in [1.54, 1.807) is 7.11 Å². The Bertz CT molecular complexity index is 664. The maximum Gasteiger partial charge on any atom is 0.265 e. The molecule has 6 heteroatoms. The van der Waals surface area contributed by atoms with Crippen molar-refractivity contribution in [3.05, 3.63) is 45.9 Å². The maximum atomic E-state index is 12.7. The lowest BCUT2D eigenvalue weighted by molar-refractivity contribution is 0.0750. The lowest BCUT2D eigenvalue weighted by atomic mass is 10.2. The third kappa shape index (κ3) is 3.54. The van der Waals surface area contributed by atoms with Gasteiger partial charge in [0.2, 0.25) is 0 Å². The second-order valence-electron chi connectivity index (χ2n) is 5.57. The van der Waals surface area contributed by atoms with Crippen LogP contribution in [0.15, 0.2) is 30.3 Å². The highest BCUT2D eigenvalue weighted by Gasteiger charge is 2.25. The lowest BCUT2D eigenvalue weighted by Gasteiger charge is -2.36. The van der Waals surface area contributed by atoms with Gasteiger partial charge in [0.1, 0.15) is 9.88 Å². The zero-order valence-electron chi connectivity index (χ0n) is 13.5. The van der Waals surface area contributed by atoms with E-state index in [2.05, 4.69) is 22.0 Å². The van der Waals surface area contributed by atoms with Crippen molar-refractivity contribution >= 4 is 22.9 Å². The maximum absolute atomic E-state index is 12.7. The quantitative estimate of drug-likeness (QED) is 0.864. The first-order valence-electron chi connectivity index (χ1n) is 7.73. The van der Waals surface area contributed by atoms with E-state index in [4.69, 9.17) is 4.74 Å². The molecule has 0 atom stereocenters. The number of nitrogens with zero attached hydrogens (tertiary/aromatic N) is 3. The Balaban J connectivity index is 1.64. The standard InChI is InChI=1S/C17H21N3O2S/c1-13-16(23-15(18-13)12-22-2)17(21)20-10-8-19(9-11-20)14-6-4-3-5-7-14/h3-7H,8-12H2,1-2H3. The molecule has 3 rings (SSSR count). The smallest absolute Gasteiger partial charge is 0.265 e. The number of benzene rings is 1. The van der Waals surface area contributed by atoms with Gasteiger partial charge in [-0.2, -0.15) is 0 Å². The van der Waals surface area contributed by atoms with Crippen LogP contribution in [0.3, 0.4) is 0 Å². The molecular weight excluding hydrogens is 310 g/mol. The first-order valence-corrected chi connectivity index (χ1v) is 8.55. The molecule has 1 aromatic heterocycles. The molecule has 1 fully saturated rings. The minimum Gasteiger partial charge on any atom is -0.378 e. The number of aromatic nitrogens is 1. The molecule has 0 radical (unpaired) electrons. The average molecular weight is 331 g/mol. The molecule has 122 valence electrons. The van der Waals surface area contributed by atoms with Gasteiger partial charge in [-0.1, -0.05) is 18.2 Å². The molecule has 5 nitrogen and oxygen atoms in total. The molecule has 1 saturated heterocycles. The largest absolute Gasteiger partial charge is 0.378 e. The number of ether oxygens (including phenoxy) is 1. The molecule has 1 aliphatic rings. The summed E-state index contributed by atoms with van der Waals surface area (Å²) in [6, 6.07) is 10.3. The minimum absolute atomic E-state index is 0.0927. The van der Waals surface area contributed by atoms with Gasteiger partial charge in [0.05, 0.1) is 12.3 Å². The van der Waals surface area contributed by atoms with E-state index in [9.17, 15) is 4.79 Å². The van der Waals surface area contributed by atoms with Crippen molar-refractivity contribution in [1.29, 1.82) is 0 Å². The second-order valence-corrected chi connectivity index (χ2v) is 6.65. The first-order chi connectivity index (χ1) is 11.2. The van der Waals surface area contributed by atoms with Crippen molar-refractivity contribution in [2.24, 2.45) is 0 Å². The zero-order valence-corrected chi connectivity index (χ0v) is 14.3. The van der Waals surface area contributed by atoms with Crippen LogP contribution in [0.25, 0.3) is 0 Å². The number of hydrogen-bond donors (Lipinski definition) is 0. The van der Waals surface area contributed by atoms with E-state index in [0.717, 1.165) is 41.8 Å². The van der Waals surface area contributed by atoms with Gasteiger partial charge in [-0.15, -0.1) is 11.3 Å². The van der Waals surface area contributed by atoms with E-state index >= 15 is 0 Å². The number of carbonyl (C=O) groups excluding carboxylic acids is 1. The highest BCUT2D eigenvalue weighted by atomic mass is 32.1. The Morgan fingerprint density at radius 1 is 1.22 bits per heavy atom. The van der Waals surface area contributed by atoms with E-state index in [1.807, 2.05) is 30.0 Å². The third-order valence-corrected chi connectivity index (χ3v) is 5.11. The Hall–Kier alpha value is -1.92. The molecule has 0 N–H and O–H groups in total. The Labute approximate surface area is 140 Å². The van der Waals surface area contributed by atoms with Crippen molar-refractivity contribution in [2.45, 2.75) is 13.5 Å². The zero-order chi connectivity index (χ0) is 16.2. The van der Waals surface area contributed by atoms with Crippen molar-refractivity contribution in [2.75, 3.05) is 38.2 Å². The fourth-order valence-electron chi connectivity index (χ4n) is 2.79. The van der Waals surface area contributed by atoms with E-state index < -0.39 is 0 Å². The van der Waals surface area contributed by atoms with Crippen LogP contribution in [-0.2, 0) is 11.3 Å². The molecule has 0 unspecified atom stereocenters. The number of amides is 1. The SMILES string of the molecule is COCc1nc(C)c(C(=O)N2CCN(c3ccccc3)CC2)s1.